The van der Waals surface area contributed by atoms with Crippen LogP contribution in [0, 0.1) is 11.8 Å². The molecule has 1 saturated carbocycles. The molecule has 0 saturated heterocycles. The van der Waals surface area contributed by atoms with E-state index in [1.165, 1.54) is 54.4 Å². The van der Waals surface area contributed by atoms with E-state index >= 15 is 0 Å². The summed E-state index contributed by atoms with van der Waals surface area (Å²) in [6.45, 7) is 0.813. The fourth-order valence-electron chi connectivity index (χ4n) is 6.10. The molecular weight excluding hydrogens is 342 g/mol. The largest absolute Gasteiger partial charge is 0.356 e. The van der Waals surface area contributed by atoms with Gasteiger partial charge in [0.15, 0.2) is 0 Å². The van der Waals surface area contributed by atoms with Crippen molar-refractivity contribution < 1.29 is 4.79 Å². The molecule has 1 amide bonds. The van der Waals surface area contributed by atoms with Crippen LogP contribution in [-0.4, -0.2) is 12.5 Å². The first-order valence-corrected chi connectivity index (χ1v) is 11.3. The molecule has 28 heavy (non-hydrogen) atoms. The van der Waals surface area contributed by atoms with E-state index in [9.17, 15) is 4.79 Å². The Morgan fingerprint density at radius 3 is 2.11 bits per heavy atom. The van der Waals surface area contributed by atoms with Crippen molar-refractivity contribution in [1.29, 1.82) is 0 Å². The van der Waals surface area contributed by atoms with Crippen LogP contribution in [0.2, 0.25) is 0 Å². The lowest BCUT2D eigenvalue weighted by atomic mass is 9.59. The highest BCUT2D eigenvalue weighted by Crippen LogP contribution is 2.55. The second-order valence-electron chi connectivity index (χ2n) is 9.13. The van der Waals surface area contributed by atoms with Gasteiger partial charge in [0, 0.05) is 24.8 Å². The maximum atomic E-state index is 12.5. The smallest absolute Gasteiger partial charge is 0.220 e. The minimum atomic E-state index is 0.258. The van der Waals surface area contributed by atoms with Crippen LogP contribution in [0.3, 0.4) is 0 Å². The van der Waals surface area contributed by atoms with Gasteiger partial charge in [-0.25, -0.2) is 0 Å². The molecular formula is C26H31NO. The SMILES string of the molecule is O=C(CCC1CCCCC1)NCC1CC2c3ccccc3C1c1ccccc12. The Hall–Kier alpha value is -2.09. The first-order valence-electron chi connectivity index (χ1n) is 11.3. The number of hydrogen-bond donors (Lipinski definition) is 1. The molecule has 1 atom stereocenters. The van der Waals surface area contributed by atoms with Gasteiger partial charge in [-0.15, -0.1) is 0 Å². The third-order valence-corrected chi connectivity index (χ3v) is 7.49. The molecule has 2 nitrogen and oxygen atoms in total. The van der Waals surface area contributed by atoms with Crippen LogP contribution in [0.4, 0.5) is 0 Å². The van der Waals surface area contributed by atoms with E-state index in [1.54, 1.807) is 0 Å². The van der Waals surface area contributed by atoms with Gasteiger partial charge in [0.2, 0.25) is 5.91 Å². The van der Waals surface area contributed by atoms with Crippen molar-refractivity contribution in [3.8, 4) is 0 Å². The first kappa shape index (κ1) is 18.0. The van der Waals surface area contributed by atoms with Crippen molar-refractivity contribution in [1.82, 2.24) is 5.32 Å². The normalized spacial score (nSPS) is 25.8. The van der Waals surface area contributed by atoms with E-state index in [0.717, 1.165) is 25.3 Å². The first-order chi connectivity index (χ1) is 13.8. The molecule has 4 aliphatic rings. The van der Waals surface area contributed by atoms with Crippen molar-refractivity contribution >= 4 is 5.91 Å². The molecule has 0 spiro atoms. The monoisotopic (exact) mass is 373 g/mol. The number of hydrogen-bond acceptors (Lipinski definition) is 1. The summed E-state index contributed by atoms with van der Waals surface area (Å²) in [5.41, 5.74) is 5.98. The molecule has 146 valence electrons. The number of benzene rings is 2. The van der Waals surface area contributed by atoms with Gasteiger partial charge in [-0.2, -0.15) is 0 Å². The molecule has 2 heteroatoms. The van der Waals surface area contributed by atoms with Gasteiger partial charge in [0.25, 0.3) is 0 Å². The molecule has 0 aromatic heterocycles. The van der Waals surface area contributed by atoms with Gasteiger partial charge in [-0.1, -0.05) is 80.6 Å². The Kier molecular flexibility index (Phi) is 4.96. The Labute approximate surface area is 168 Å². The Morgan fingerprint density at radius 2 is 1.46 bits per heavy atom. The summed E-state index contributed by atoms with van der Waals surface area (Å²) in [6, 6.07) is 17.9. The average molecular weight is 374 g/mol. The third kappa shape index (κ3) is 3.27. The maximum absolute atomic E-state index is 12.5. The number of rotatable bonds is 5. The molecule has 0 radical (unpaired) electrons. The topological polar surface area (TPSA) is 29.1 Å². The van der Waals surface area contributed by atoms with Crippen LogP contribution in [0.15, 0.2) is 48.5 Å². The quantitative estimate of drug-likeness (QED) is 0.709. The lowest BCUT2D eigenvalue weighted by Crippen LogP contribution is -2.39. The Bertz CT molecular complexity index is 804. The lowest BCUT2D eigenvalue weighted by molar-refractivity contribution is -0.121. The fraction of sp³-hybridized carbons (Fsp3) is 0.500. The number of carbonyl (C=O) groups excluding carboxylic acids is 1. The van der Waals surface area contributed by atoms with Crippen LogP contribution in [-0.2, 0) is 4.79 Å². The van der Waals surface area contributed by atoms with E-state index in [2.05, 4.69) is 53.8 Å². The van der Waals surface area contributed by atoms with Crippen LogP contribution in [0.25, 0.3) is 0 Å². The summed E-state index contributed by atoms with van der Waals surface area (Å²) in [7, 11) is 0. The summed E-state index contributed by atoms with van der Waals surface area (Å²) in [4.78, 5) is 12.5. The van der Waals surface area contributed by atoms with Crippen LogP contribution in [0.5, 0.6) is 0 Å². The number of carbonyl (C=O) groups is 1. The van der Waals surface area contributed by atoms with Crippen molar-refractivity contribution in [2.45, 2.75) is 63.2 Å². The van der Waals surface area contributed by atoms with E-state index in [-0.39, 0.29) is 5.91 Å². The summed E-state index contributed by atoms with van der Waals surface area (Å²) in [5.74, 6) is 2.46. The van der Waals surface area contributed by atoms with Crippen molar-refractivity contribution in [3.05, 3.63) is 70.8 Å². The van der Waals surface area contributed by atoms with Gasteiger partial charge in [0.05, 0.1) is 0 Å². The van der Waals surface area contributed by atoms with Gasteiger partial charge in [0.1, 0.15) is 0 Å². The summed E-state index contributed by atoms with van der Waals surface area (Å²) >= 11 is 0. The van der Waals surface area contributed by atoms with E-state index in [4.69, 9.17) is 0 Å². The molecule has 0 heterocycles. The third-order valence-electron chi connectivity index (χ3n) is 7.49. The molecule has 4 aliphatic carbocycles. The van der Waals surface area contributed by atoms with Crippen molar-refractivity contribution in [3.63, 3.8) is 0 Å². The maximum Gasteiger partial charge on any atom is 0.220 e. The highest BCUT2D eigenvalue weighted by Gasteiger charge is 2.42. The van der Waals surface area contributed by atoms with Gasteiger partial charge >= 0.3 is 0 Å². The highest BCUT2D eigenvalue weighted by molar-refractivity contribution is 5.75. The van der Waals surface area contributed by atoms with Crippen LogP contribution >= 0.6 is 0 Å². The molecule has 2 aromatic carbocycles. The molecule has 1 N–H and O–H groups in total. The van der Waals surface area contributed by atoms with E-state index < -0.39 is 0 Å². The molecule has 2 bridgehead atoms. The molecule has 6 rings (SSSR count). The average Bonchev–Trinajstić information content (AvgIpc) is 2.77. The zero-order chi connectivity index (χ0) is 18.9. The molecule has 0 aliphatic heterocycles. The predicted octanol–water partition coefficient (Wildman–Crippen LogP) is 5.76. The Morgan fingerprint density at radius 1 is 0.857 bits per heavy atom. The Balaban J connectivity index is 1.26. The fourth-order valence-corrected chi connectivity index (χ4v) is 6.10. The number of nitrogens with one attached hydrogen (secondary N) is 1. The minimum absolute atomic E-state index is 0.258. The van der Waals surface area contributed by atoms with E-state index in [0.29, 0.717) is 24.2 Å². The predicted molar refractivity (Wildman–Crippen MR) is 113 cm³/mol. The number of fused-ring (bicyclic) bond motifs is 1. The van der Waals surface area contributed by atoms with Crippen molar-refractivity contribution in [2.75, 3.05) is 6.54 Å². The lowest BCUT2D eigenvalue weighted by Gasteiger charge is -2.45. The van der Waals surface area contributed by atoms with Crippen LogP contribution < -0.4 is 5.32 Å². The zero-order valence-electron chi connectivity index (χ0n) is 16.7. The number of amides is 1. The molecule has 1 unspecified atom stereocenters. The van der Waals surface area contributed by atoms with Gasteiger partial charge < -0.3 is 5.32 Å². The second-order valence-corrected chi connectivity index (χ2v) is 9.13. The van der Waals surface area contributed by atoms with Gasteiger partial charge in [-0.05, 0) is 46.9 Å². The summed E-state index contributed by atoms with van der Waals surface area (Å²) in [5, 5.41) is 3.30. The van der Waals surface area contributed by atoms with Gasteiger partial charge in [-0.3, -0.25) is 4.79 Å². The standard InChI is InChI=1S/C26H31NO/c28-25(15-14-18-8-2-1-3-9-18)27-17-19-16-24-20-10-4-6-12-22(20)26(19)23-13-7-5-11-21(23)24/h4-7,10-13,18-19,24,26H,1-3,8-9,14-17H2,(H,27,28). The molecule has 1 fully saturated rings. The highest BCUT2D eigenvalue weighted by atomic mass is 16.1. The molecule has 2 aromatic rings. The minimum Gasteiger partial charge on any atom is -0.356 e. The summed E-state index contributed by atoms with van der Waals surface area (Å²) in [6.07, 6.45) is 9.69. The second kappa shape index (κ2) is 7.73. The van der Waals surface area contributed by atoms with E-state index in [1.807, 2.05) is 0 Å². The summed E-state index contributed by atoms with van der Waals surface area (Å²) < 4.78 is 0. The van der Waals surface area contributed by atoms with Crippen molar-refractivity contribution in [2.24, 2.45) is 11.8 Å². The van der Waals surface area contributed by atoms with Crippen LogP contribution in [0.1, 0.15) is 85.5 Å². The zero-order valence-corrected chi connectivity index (χ0v) is 16.7.